The van der Waals surface area contributed by atoms with Gasteiger partial charge in [-0.3, -0.25) is 4.79 Å². The Morgan fingerprint density at radius 3 is 2.73 bits per heavy atom. The zero-order valence-electron chi connectivity index (χ0n) is 20.8. The summed E-state index contributed by atoms with van der Waals surface area (Å²) in [6.07, 6.45) is 2.12. The average Bonchev–Trinajstić information content (AvgIpc) is 3.28. The second-order valence-corrected chi connectivity index (χ2v) is 9.74. The number of alkyl halides is 2. The number of ether oxygens (including phenoxy) is 2. The van der Waals surface area contributed by atoms with Gasteiger partial charge in [-0.2, -0.15) is 4.80 Å². The molecule has 14 heteroatoms. The van der Waals surface area contributed by atoms with E-state index in [1.165, 1.54) is 9.81 Å². The van der Waals surface area contributed by atoms with Gasteiger partial charge in [0.15, 0.2) is 0 Å². The fourth-order valence-corrected chi connectivity index (χ4v) is 4.60. The maximum atomic E-state index is 13.0. The highest BCUT2D eigenvalue weighted by Gasteiger charge is 2.45. The molecular weight excluding hydrogens is 490 g/mol. The van der Waals surface area contributed by atoms with Crippen molar-refractivity contribution in [2.75, 3.05) is 13.7 Å². The molecule has 2 aliphatic rings. The minimum Gasteiger partial charge on any atom is -0.489 e. The fourth-order valence-electron chi connectivity index (χ4n) is 4.60. The van der Waals surface area contributed by atoms with Gasteiger partial charge < -0.3 is 25.3 Å². The van der Waals surface area contributed by atoms with E-state index in [4.69, 9.17) is 21.1 Å². The zero-order valence-corrected chi connectivity index (χ0v) is 20.8. The Hall–Kier alpha value is -3.55. The summed E-state index contributed by atoms with van der Waals surface area (Å²) in [7, 11) is 1.61. The van der Waals surface area contributed by atoms with E-state index in [0.717, 1.165) is 12.8 Å². The van der Waals surface area contributed by atoms with Crippen molar-refractivity contribution in [3.05, 3.63) is 29.2 Å². The number of hydrazine groups is 1. The second-order valence-electron chi connectivity index (χ2n) is 9.74. The third-order valence-corrected chi connectivity index (χ3v) is 6.67. The molecule has 2 heterocycles. The van der Waals surface area contributed by atoms with Gasteiger partial charge in [0.1, 0.15) is 12.3 Å². The Morgan fingerprint density at radius 1 is 1.32 bits per heavy atom. The first-order valence-electron chi connectivity index (χ1n) is 12.1. The smallest absolute Gasteiger partial charge is 0.356 e. The minimum absolute atomic E-state index is 0.0175. The molecule has 4 rings (SSSR count). The molecule has 0 amide bonds. The number of nitrogens with two attached hydrogens (primary N) is 2. The number of tetrazole rings is 1. The van der Waals surface area contributed by atoms with E-state index in [2.05, 4.69) is 20.4 Å². The number of carboxylic acid groups (broad SMARTS) is 1. The number of hydrogen-bond acceptors (Lipinski definition) is 10. The molecule has 2 aromatic heterocycles. The van der Waals surface area contributed by atoms with Crippen molar-refractivity contribution in [2.45, 2.75) is 64.0 Å². The molecule has 2 aliphatic carbocycles. The van der Waals surface area contributed by atoms with Crippen molar-refractivity contribution in [2.24, 2.45) is 23.4 Å². The Kier molecular flexibility index (Phi) is 7.76. The molecule has 0 spiro atoms. The summed E-state index contributed by atoms with van der Waals surface area (Å²) in [6.45, 7) is 1.95. The highest BCUT2D eigenvalue weighted by molar-refractivity contribution is 5.70. The fraction of sp³-hybridized carbons (Fsp3) is 0.609. The number of hydrogen-bond donors (Lipinski definition) is 3. The second kappa shape index (κ2) is 10.8. The first-order chi connectivity index (χ1) is 17.5. The molecule has 2 fully saturated rings. The topological polar surface area (TPSA) is 168 Å². The third-order valence-electron chi connectivity index (χ3n) is 6.67. The number of aliphatic carboxylic acids is 1. The number of carboxylic acids is 1. The van der Waals surface area contributed by atoms with Crippen LogP contribution in [-0.4, -0.2) is 67.0 Å². The van der Waals surface area contributed by atoms with Gasteiger partial charge in [0.05, 0.1) is 41.4 Å². The van der Waals surface area contributed by atoms with Crippen molar-refractivity contribution in [1.82, 2.24) is 30.2 Å². The van der Waals surface area contributed by atoms with Crippen LogP contribution in [0.5, 0.6) is 11.8 Å². The van der Waals surface area contributed by atoms with E-state index < -0.39 is 17.8 Å². The van der Waals surface area contributed by atoms with Crippen LogP contribution in [0.25, 0.3) is 5.70 Å². The summed E-state index contributed by atoms with van der Waals surface area (Å²) in [5, 5.41) is 22.5. The maximum Gasteiger partial charge on any atom is 0.356 e. The van der Waals surface area contributed by atoms with E-state index in [-0.39, 0.29) is 44.0 Å². The van der Waals surface area contributed by atoms with Gasteiger partial charge in [-0.1, -0.05) is 10.2 Å². The number of likely N-dealkylation sites (N-methyl/N-ethyl adjacent to an activating group) is 1. The normalized spacial score (nSPS) is 22.1. The van der Waals surface area contributed by atoms with Crippen molar-refractivity contribution in [3.63, 3.8) is 0 Å². The Morgan fingerprint density at radius 2 is 2.08 bits per heavy atom. The van der Waals surface area contributed by atoms with Gasteiger partial charge in [0.25, 0.3) is 0 Å². The van der Waals surface area contributed by atoms with Gasteiger partial charge in [-0.05, 0) is 50.0 Å². The Labute approximate surface area is 212 Å². The third kappa shape index (κ3) is 6.61. The molecule has 2 atom stereocenters. The summed E-state index contributed by atoms with van der Waals surface area (Å²) in [5.74, 6) is 2.54. The van der Waals surface area contributed by atoms with Crippen LogP contribution in [-0.2, 0) is 11.3 Å². The number of pyridine rings is 1. The molecule has 0 saturated heterocycles. The summed E-state index contributed by atoms with van der Waals surface area (Å²) in [5.41, 5.74) is 8.22. The van der Waals surface area contributed by atoms with Crippen LogP contribution in [0.2, 0.25) is 0 Å². The number of halogens is 2. The molecular formula is C23H32F2N8O4. The monoisotopic (exact) mass is 522 g/mol. The number of nitrogens with zero attached hydrogens (tertiary/aromatic N) is 6. The van der Waals surface area contributed by atoms with E-state index in [1.54, 1.807) is 26.1 Å². The van der Waals surface area contributed by atoms with Crippen LogP contribution < -0.4 is 21.1 Å². The van der Waals surface area contributed by atoms with E-state index >= 15 is 0 Å². The SMILES string of the molecule is Cc1nc(/C(N)=C(\Cn2nnc(OCC3CC(F)(F)C3)n2)N(C)N)ccc1OC1CCCC(C(=O)O)C1. The number of allylic oxidation sites excluding steroid dienone is 1. The van der Waals surface area contributed by atoms with Crippen LogP contribution in [0.3, 0.4) is 0 Å². The predicted molar refractivity (Wildman–Crippen MR) is 127 cm³/mol. The summed E-state index contributed by atoms with van der Waals surface area (Å²) >= 11 is 0. The van der Waals surface area contributed by atoms with Gasteiger partial charge in [-0.15, -0.1) is 0 Å². The standard InChI is InChI=1S/C23H32F2N8O4/c1-13-19(37-16-5-3-4-15(8-16)21(34)35)7-6-17(28-13)20(26)18(32(2)27)11-33-30-22(29-31-33)36-12-14-9-23(24,25)10-14/h6-7,14-16H,3-5,8-12,26-27H2,1-2H3,(H,34,35)/b20-18-. The molecule has 5 N–H and O–H groups in total. The Balaban J connectivity index is 1.41. The highest BCUT2D eigenvalue weighted by atomic mass is 19.3. The molecule has 202 valence electrons. The van der Waals surface area contributed by atoms with Crippen LogP contribution in [0.4, 0.5) is 8.78 Å². The summed E-state index contributed by atoms with van der Waals surface area (Å²) < 4.78 is 37.4. The lowest BCUT2D eigenvalue weighted by atomic mass is 9.82. The molecule has 2 saturated carbocycles. The van der Waals surface area contributed by atoms with Crippen molar-refractivity contribution in [1.29, 1.82) is 0 Å². The molecule has 0 radical (unpaired) electrons. The number of rotatable bonds is 10. The summed E-state index contributed by atoms with van der Waals surface area (Å²) in [6, 6.07) is 3.44. The minimum atomic E-state index is -2.61. The van der Waals surface area contributed by atoms with Gasteiger partial charge >= 0.3 is 12.0 Å². The number of carbonyl (C=O) groups is 1. The van der Waals surface area contributed by atoms with Crippen molar-refractivity contribution < 1.29 is 28.2 Å². The highest BCUT2D eigenvalue weighted by Crippen LogP contribution is 2.42. The van der Waals surface area contributed by atoms with Gasteiger partial charge in [-0.25, -0.2) is 19.6 Å². The van der Waals surface area contributed by atoms with Crippen LogP contribution in [0.15, 0.2) is 17.8 Å². The molecule has 2 unspecified atom stereocenters. The Bertz CT molecular complexity index is 1150. The van der Waals surface area contributed by atoms with E-state index in [9.17, 15) is 18.7 Å². The predicted octanol–water partition coefficient (Wildman–Crippen LogP) is 1.96. The molecule has 37 heavy (non-hydrogen) atoms. The maximum absolute atomic E-state index is 13.0. The molecule has 0 aromatic carbocycles. The lowest BCUT2D eigenvalue weighted by molar-refractivity contribution is -0.143. The molecule has 0 bridgehead atoms. The average molecular weight is 523 g/mol. The van der Waals surface area contributed by atoms with E-state index in [1.807, 2.05) is 0 Å². The van der Waals surface area contributed by atoms with Gasteiger partial charge in [0.2, 0.25) is 5.92 Å². The first kappa shape index (κ1) is 26.5. The first-order valence-corrected chi connectivity index (χ1v) is 12.1. The van der Waals surface area contributed by atoms with Gasteiger partial charge in [0, 0.05) is 25.8 Å². The largest absolute Gasteiger partial charge is 0.489 e. The summed E-state index contributed by atoms with van der Waals surface area (Å²) in [4.78, 5) is 17.1. The van der Waals surface area contributed by atoms with Crippen LogP contribution in [0.1, 0.15) is 49.9 Å². The molecule has 2 aromatic rings. The quantitative estimate of drug-likeness (QED) is 0.308. The van der Waals surface area contributed by atoms with Crippen molar-refractivity contribution >= 4 is 11.7 Å². The van der Waals surface area contributed by atoms with E-state index in [0.29, 0.717) is 41.4 Å². The molecule has 12 nitrogen and oxygen atoms in total. The zero-order chi connectivity index (χ0) is 26.7. The number of aryl methyl sites for hydroxylation is 1. The molecule has 0 aliphatic heterocycles. The number of aromatic nitrogens is 5. The van der Waals surface area contributed by atoms with Crippen molar-refractivity contribution in [3.8, 4) is 11.8 Å². The lowest BCUT2D eigenvalue weighted by Crippen LogP contribution is -2.38. The lowest BCUT2D eigenvalue weighted by Gasteiger charge is -2.34. The van der Waals surface area contributed by atoms with Crippen LogP contribution >= 0.6 is 0 Å². The van der Waals surface area contributed by atoms with Crippen LogP contribution in [0, 0.1) is 18.8 Å².